The van der Waals surface area contributed by atoms with Gasteiger partial charge in [-0.05, 0) is 71.7 Å². The third-order valence-corrected chi connectivity index (χ3v) is 4.66. The first-order valence-electron chi connectivity index (χ1n) is 7.87. The molecule has 1 aliphatic carbocycles. The molecular weight excluding hydrogens is 260 g/mol. The molecule has 2 rings (SSSR count). The van der Waals surface area contributed by atoms with Crippen molar-refractivity contribution in [2.24, 2.45) is 0 Å². The molecule has 116 valence electrons. The molecule has 0 N–H and O–H groups in total. The predicted octanol–water partition coefficient (Wildman–Crippen LogP) is 2.34. The minimum absolute atomic E-state index is 0.288. The summed E-state index contributed by atoms with van der Waals surface area (Å²) in [6.07, 6.45) is 3.44. The van der Waals surface area contributed by atoms with E-state index in [1.807, 2.05) is 0 Å². The first-order valence-corrected chi connectivity index (χ1v) is 7.87. The highest BCUT2D eigenvalue weighted by molar-refractivity contribution is 5.92. The number of fused-ring (bicyclic) bond motifs is 1. The molecule has 1 aromatic carbocycles. The van der Waals surface area contributed by atoms with E-state index in [2.05, 4.69) is 62.3 Å². The van der Waals surface area contributed by atoms with Crippen LogP contribution in [0.3, 0.4) is 0 Å². The van der Waals surface area contributed by atoms with Crippen molar-refractivity contribution in [3.63, 3.8) is 0 Å². The Morgan fingerprint density at radius 2 is 1.52 bits per heavy atom. The van der Waals surface area contributed by atoms with E-state index >= 15 is 0 Å². The number of benzene rings is 1. The normalized spacial score (nSPS) is 17.3. The van der Waals surface area contributed by atoms with E-state index in [1.54, 1.807) is 0 Å². The summed E-state index contributed by atoms with van der Waals surface area (Å²) in [5.74, 6) is 0.435. The molecule has 0 saturated heterocycles. The lowest BCUT2D eigenvalue weighted by atomic mass is 9.65. The fourth-order valence-electron chi connectivity index (χ4n) is 3.34. The van der Waals surface area contributed by atoms with Crippen molar-refractivity contribution in [1.29, 1.82) is 0 Å². The van der Waals surface area contributed by atoms with Crippen LogP contribution >= 0.6 is 0 Å². The molecule has 0 fully saturated rings. The molecule has 1 aromatic rings. The van der Waals surface area contributed by atoms with E-state index in [1.165, 1.54) is 11.1 Å². The van der Waals surface area contributed by atoms with Crippen LogP contribution < -0.4 is 0 Å². The zero-order chi connectivity index (χ0) is 15.5. The SMILES string of the molecule is CN(C)CCC1(CCN(C)C)C(=O)CCc2ccccc21. The second-order valence-corrected chi connectivity index (χ2v) is 6.77. The van der Waals surface area contributed by atoms with Gasteiger partial charge < -0.3 is 9.80 Å². The van der Waals surface area contributed by atoms with Crippen molar-refractivity contribution in [1.82, 2.24) is 9.80 Å². The third kappa shape index (κ3) is 3.53. The average molecular weight is 288 g/mol. The maximum absolute atomic E-state index is 12.9. The van der Waals surface area contributed by atoms with Crippen molar-refractivity contribution in [2.45, 2.75) is 31.1 Å². The standard InChI is InChI=1S/C18H28N2O/c1-19(2)13-11-18(12-14-20(3)4)16-8-6-5-7-15(16)9-10-17(18)21/h5-8H,9-14H2,1-4H3. The van der Waals surface area contributed by atoms with Gasteiger partial charge in [0, 0.05) is 6.42 Å². The molecule has 0 amide bonds. The summed E-state index contributed by atoms with van der Waals surface area (Å²) in [7, 11) is 8.33. The summed E-state index contributed by atoms with van der Waals surface area (Å²) in [6.45, 7) is 1.90. The molecule has 0 atom stereocenters. The van der Waals surface area contributed by atoms with Gasteiger partial charge in [-0.3, -0.25) is 4.79 Å². The number of rotatable bonds is 6. The number of carbonyl (C=O) groups is 1. The largest absolute Gasteiger partial charge is 0.309 e. The van der Waals surface area contributed by atoms with Gasteiger partial charge in [-0.2, -0.15) is 0 Å². The predicted molar refractivity (Wildman–Crippen MR) is 87.8 cm³/mol. The van der Waals surface area contributed by atoms with Crippen molar-refractivity contribution >= 4 is 5.78 Å². The molecule has 0 heterocycles. The molecule has 1 aliphatic rings. The van der Waals surface area contributed by atoms with Crippen LogP contribution in [0.2, 0.25) is 0 Å². The summed E-state index contributed by atoms with van der Waals surface area (Å²) in [4.78, 5) is 17.2. The van der Waals surface area contributed by atoms with Gasteiger partial charge in [-0.1, -0.05) is 24.3 Å². The maximum atomic E-state index is 12.9. The number of nitrogens with zero attached hydrogens (tertiary/aromatic N) is 2. The van der Waals surface area contributed by atoms with Gasteiger partial charge in [0.2, 0.25) is 0 Å². The van der Waals surface area contributed by atoms with Gasteiger partial charge in [-0.15, -0.1) is 0 Å². The first kappa shape index (κ1) is 16.2. The lowest BCUT2D eigenvalue weighted by molar-refractivity contribution is -0.126. The quantitative estimate of drug-likeness (QED) is 0.803. The van der Waals surface area contributed by atoms with Crippen LogP contribution in [0.25, 0.3) is 0 Å². The van der Waals surface area contributed by atoms with Crippen LogP contribution in [-0.2, 0) is 16.6 Å². The van der Waals surface area contributed by atoms with Crippen LogP contribution in [0.5, 0.6) is 0 Å². The topological polar surface area (TPSA) is 23.6 Å². The minimum Gasteiger partial charge on any atom is -0.309 e. The fraction of sp³-hybridized carbons (Fsp3) is 0.611. The molecule has 0 unspecified atom stereocenters. The van der Waals surface area contributed by atoms with Crippen LogP contribution in [0.4, 0.5) is 0 Å². The molecule has 0 radical (unpaired) electrons. The van der Waals surface area contributed by atoms with E-state index in [0.29, 0.717) is 12.2 Å². The summed E-state index contributed by atoms with van der Waals surface area (Å²) < 4.78 is 0. The van der Waals surface area contributed by atoms with Crippen molar-refractivity contribution in [3.05, 3.63) is 35.4 Å². The van der Waals surface area contributed by atoms with E-state index in [0.717, 1.165) is 32.4 Å². The van der Waals surface area contributed by atoms with Crippen LogP contribution in [0.1, 0.15) is 30.4 Å². The number of aryl methyl sites for hydroxylation is 1. The Morgan fingerprint density at radius 1 is 0.952 bits per heavy atom. The molecule has 0 spiro atoms. The highest BCUT2D eigenvalue weighted by atomic mass is 16.1. The first-order chi connectivity index (χ1) is 9.95. The second-order valence-electron chi connectivity index (χ2n) is 6.77. The number of hydrogen-bond acceptors (Lipinski definition) is 3. The number of hydrogen-bond donors (Lipinski definition) is 0. The molecule has 0 bridgehead atoms. The van der Waals surface area contributed by atoms with Gasteiger partial charge in [0.25, 0.3) is 0 Å². The average Bonchev–Trinajstić information content (AvgIpc) is 2.45. The van der Waals surface area contributed by atoms with E-state index in [4.69, 9.17) is 0 Å². The molecule has 3 nitrogen and oxygen atoms in total. The summed E-state index contributed by atoms with van der Waals surface area (Å²) >= 11 is 0. The molecule has 3 heteroatoms. The van der Waals surface area contributed by atoms with Gasteiger partial charge in [-0.25, -0.2) is 0 Å². The Bertz CT molecular complexity index is 482. The number of Topliss-reactive ketones (excluding diaryl/α,β-unsaturated/α-hetero) is 1. The van der Waals surface area contributed by atoms with Gasteiger partial charge in [0.1, 0.15) is 5.78 Å². The fourth-order valence-corrected chi connectivity index (χ4v) is 3.34. The molecule has 0 saturated carbocycles. The lowest BCUT2D eigenvalue weighted by Crippen LogP contribution is -2.44. The van der Waals surface area contributed by atoms with Crippen LogP contribution in [0.15, 0.2) is 24.3 Å². The van der Waals surface area contributed by atoms with Crippen molar-refractivity contribution in [2.75, 3.05) is 41.3 Å². The van der Waals surface area contributed by atoms with E-state index in [-0.39, 0.29) is 5.41 Å². The van der Waals surface area contributed by atoms with Gasteiger partial charge in [0.05, 0.1) is 5.41 Å². The van der Waals surface area contributed by atoms with Gasteiger partial charge in [0.15, 0.2) is 0 Å². The summed E-state index contributed by atoms with van der Waals surface area (Å²) in [5.41, 5.74) is 2.36. The highest BCUT2D eigenvalue weighted by Gasteiger charge is 2.42. The number of carbonyl (C=O) groups excluding carboxylic acids is 1. The van der Waals surface area contributed by atoms with Crippen LogP contribution in [-0.4, -0.2) is 56.9 Å². The number of ketones is 1. The van der Waals surface area contributed by atoms with Crippen LogP contribution in [0, 0.1) is 0 Å². The highest BCUT2D eigenvalue weighted by Crippen LogP contribution is 2.40. The Kier molecular flexibility index (Phi) is 5.17. The smallest absolute Gasteiger partial charge is 0.143 e. The summed E-state index contributed by atoms with van der Waals surface area (Å²) in [6, 6.07) is 8.55. The molecule has 0 aromatic heterocycles. The Labute approximate surface area is 128 Å². The Balaban J connectivity index is 2.38. The Hall–Kier alpha value is -1.19. The van der Waals surface area contributed by atoms with Crippen molar-refractivity contribution < 1.29 is 4.79 Å². The van der Waals surface area contributed by atoms with Gasteiger partial charge >= 0.3 is 0 Å². The zero-order valence-corrected chi connectivity index (χ0v) is 13.9. The molecular formula is C18H28N2O. The monoisotopic (exact) mass is 288 g/mol. The maximum Gasteiger partial charge on any atom is 0.143 e. The molecule has 0 aliphatic heterocycles. The minimum atomic E-state index is -0.288. The lowest BCUT2D eigenvalue weighted by Gasteiger charge is -2.39. The molecule has 21 heavy (non-hydrogen) atoms. The summed E-state index contributed by atoms with van der Waals surface area (Å²) in [5, 5.41) is 0. The Morgan fingerprint density at radius 3 is 2.10 bits per heavy atom. The second kappa shape index (κ2) is 6.71. The van der Waals surface area contributed by atoms with E-state index in [9.17, 15) is 4.79 Å². The van der Waals surface area contributed by atoms with E-state index < -0.39 is 0 Å². The van der Waals surface area contributed by atoms with Crippen molar-refractivity contribution in [3.8, 4) is 0 Å². The zero-order valence-electron chi connectivity index (χ0n) is 13.9. The third-order valence-electron chi connectivity index (χ3n) is 4.66.